The number of nitrogens with one attached hydrogen (secondary N) is 3. The number of benzene rings is 1. The van der Waals surface area contributed by atoms with Crippen molar-refractivity contribution >= 4 is 23.4 Å². The summed E-state index contributed by atoms with van der Waals surface area (Å²) in [5.41, 5.74) is 0.591. The van der Waals surface area contributed by atoms with E-state index in [1.165, 1.54) is 0 Å². The Labute approximate surface area is 127 Å². The molecule has 7 heteroatoms. The summed E-state index contributed by atoms with van der Waals surface area (Å²) in [4.78, 5) is 35.2. The van der Waals surface area contributed by atoms with Gasteiger partial charge in [-0.1, -0.05) is 12.1 Å². The van der Waals surface area contributed by atoms with E-state index >= 15 is 0 Å². The van der Waals surface area contributed by atoms with E-state index in [4.69, 9.17) is 4.74 Å². The van der Waals surface area contributed by atoms with E-state index in [9.17, 15) is 14.4 Å². The lowest BCUT2D eigenvalue weighted by Gasteiger charge is -2.25. The van der Waals surface area contributed by atoms with Crippen molar-refractivity contribution in [2.24, 2.45) is 0 Å². The van der Waals surface area contributed by atoms with Gasteiger partial charge in [-0.15, -0.1) is 0 Å². The Hall–Kier alpha value is -2.57. The SMILES string of the molecule is O=C(C[C@@H]1Oc2ccccc2NC1=O)NCC(=O)NC1CC1. The van der Waals surface area contributed by atoms with Crippen molar-refractivity contribution in [3.8, 4) is 5.75 Å². The zero-order valence-corrected chi connectivity index (χ0v) is 11.9. The summed E-state index contributed by atoms with van der Waals surface area (Å²) in [5, 5.41) is 7.96. The molecule has 0 unspecified atom stereocenters. The Morgan fingerprint density at radius 1 is 1.23 bits per heavy atom. The van der Waals surface area contributed by atoms with Crippen LogP contribution in [-0.2, 0) is 14.4 Å². The number of amides is 3. The Balaban J connectivity index is 1.49. The highest BCUT2D eigenvalue weighted by Crippen LogP contribution is 2.29. The molecule has 1 heterocycles. The van der Waals surface area contributed by atoms with E-state index < -0.39 is 12.0 Å². The van der Waals surface area contributed by atoms with Crippen LogP contribution in [0.25, 0.3) is 0 Å². The highest BCUT2D eigenvalue weighted by atomic mass is 16.5. The lowest BCUT2D eigenvalue weighted by Crippen LogP contribution is -2.43. The minimum Gasteiger partial charge on any atom is -0.478 e. The third kappa shape index (κ3) is 3.55. The van der Waals surface area contributed by atoms with Gasteiger partial charge in [0.25, 0.3) is 5.91 Å². The van der Waals surface area contributed by atoms with Crippen LogP contribution in [-0.4, -0.2) is 36.4 Å². The molecule has 0 bridgehead atoms. The molecule has 3 N–H and O–H groups in total. The summed E-state index contributed by atoms with van der Waals surface area (Å²) >= 11 is 0. The van der Waals surface area contributed by atoms with Gasteiger partial charge in [-0.25, -0.2) is 0 Å². The second kappa shape index (κ2) is 6.05. The Morgan fingerprint density at radius 3 is 2.77 bits per heavy atom. The zero-order valence-electron chi connectivity index (χ0n) is 11.9. The fraction of sp³-hybridized carbons (Fsp3) is 0.400. The van der Waals surface area contributed by atoms with Gasteiger partial charge in [0.1, 0.15) is 5.75 Å². The summed E-state index contributed by atoms with van der Waals surface area (Å²) in [6, 6.07) is 7.28. The number of hydrogen-bond acceptors (Lipinski definition) is 4. The van der Waals surface area contributed by atoms with E-state index in [0.29, 0.717) is 11.4 Å². The fourth-order valence-corrected chi connectivity index (χ4v) is 2.15. The molecular formula is C15H17N3O4. The highest BCUT2D eigenvalue weighted by molar-refractivity contribution is 6.00. The number of hydrogen-bond donors (Lipinski definition) is 3. The van der Waals surface area contributed by atoms with Gasteiger partial charge in [-0.3, -0.25) is 14.4 Å². The summed E-state index contributed by atoms with van der Waals surface area (Å²) in [6.45, 7) is -0.0831. The quantitative estimate of drug-likeness (QED) is 0.722. The maximum absolute atomic E-state index is 11.9. The van der Waals surface area contributed by atoms with E-state index in [-0.39, 0.29) is 30.8 Å². The van der Waals surface area contributed by atoms with Crippen LogP contribution in [0.2, 0.25) is 0 Å². The predicted molar refractivity (Wildman–Crippen MR) is 78.3 cm³/mol. The first-order valence-corrected chi connectivity index (χ1v) is 7.24. The lowest BCUT2D eigenvalue weighted by atomic mass is 10.1. The molecule has 1 aliphatic carbocycles. The largest absolute Gasteiger partial charge is 0.478 e. The zero-order chi connectivity index (χ0) is 15.5. The van der Waals surface area contributed by atoms with Crippen molar-refractivity contribution in [3.63, 3.8) is 0 Å². The smallest absolute Gasteiger partial charge is 0.266 e. The van der Waals surface area contributed by atoms with E-state index in [1.807, 2.05) is 0 Å². The molecule has 1 aromatic carbocycles. The number of rotatable bonds is 5. The molecule has 2 aliphatic rings. The third-order valence-corrected chi connectivity index (χ3v) is 3.47. The van der Waals surface area contributed by atoms with Crippen LogP contribution in [0.3, 0.4) is 0 Å². The van der Waals surface area contributed by atoms with Crippen molar-refractivity contribution in [2.75, 3.05) is 11.9 Å². The molecule has 22 heavy (non-hydrogen) atoms. The number of carbonyl (C=O) groups excluding carboxylic acids is 3. The van der Waals surface area contributed by atoms with E-state index in [0.717, 1.165) is 12.8 Å². The molecule has 0 aromatic heterocycles. The van der Waals surface area contributed by atoms with E-state index in [2.05, 4.69) is 16.0 Å². The van der Waals surface area contributed by atoms with Crippen LogP contribution >= 0.6 is 0 Å². The number of para-hydroxylation sites is 2. The molecular weight excluding hydrogens is 286 g/mol. The summed E-state index contributed by atoms with van der Waals surface area (Å²) < 4.78 is 5.52. The van der Waals surface area contributed by atoms with Gasteiger partial charge >= 0.3 is 0 Å². The van der Waals surface area contributed by atoms with Crippen LogP contribution in [0.15, 0.2) is 24.3 Å². The molecule has 0 radical (unpaired) electrons. The highest BCUT2D eigenvalue weighted by Gasteiger charge is 2.29. The van der Waals surface area contributed by atoms with Gasteiger partial charge in [0.05, 0.1) is 18.7 Å². The fourth-order valence-electron chi connectivity index (χ4n) is 2.15. The summed E-state index contributed by atoms with van der Waals surface area (Å²) in [6.07, 6.45) is 0.975. The molecule has 3 rings (SSSR count). The summed E-state index contributed by atoms with van der Waals surface area (Å²) in [7, 11) is 0. The number of carbonyl (C=O) groups is 3. The standard InChI is InChI=1S/C15H17N3O4/c19-13(16-8-14(20)17-9-5-6-9)7-12-15(21)18-10-3-1-2-4-11(10)22-12/h1-4,9,12H,5-8H2,(H,16,19)(H,17,20)(H,18,21)/t12-/m0/s1. The topological polar surface area (TPSA) is 96.5 Å². The Morgan fingerprint density at radius 2 is 2.00 bits per heavy atom. The molecule has 1 aliphatic heterocycles. The predicted octanol–water partition coefficient (Wildman–Crippen LogP) is 0.171. The number of anilines is 1. The summed E-state index contributed by atoms with van der Waals surface area (Å²) in [5.74, 6) is -0.441. The van der Waals surface area contributed by atoms with Gasteiger partial charge < -0.3 is 20.7 Å². The average Bonchev–Trinajstić information content (AvgIpc) is 3.30. The molecule has 1 saturated carbocycles. The van der Waals surface area contributed by atoms with Crippen molar-refractivity contribution in [2.45, 2.75) is 31.4 Å². The van der Waals surface area contributed by atoms with Gasteiger partial charge in [-0.05, 0) is 25.0 Å². The number of fused-ring (bicyclic) bond motifs is 1. The molecule has 3 amide bonds. The first kappa shape index (κ1) is 14.4. The lowest BCUT2D eigenvalue weighted by molar-refractivity contribution is -0.131. The molecule has 1 atom stereocenters. The average molecular weight is 303 g/mol. The van der Waals surface area contributed by atoms with Crippen molar-refractivity contribution in [1.82, 2.24) is 10.6 Å². The van der Waals surface area contributed by atoms with Gasteiger partial charge in [0, 0.05) is 6.04 Å². The maximum Gasteiger partial charge on any atom is 0.266 e. The Kier molecular flexibility index (Phi) is 3.95. The van der Waals surface area contributed by atoms with Gasteiger partial charge in [-0.2, -0.15) is 0 Å². The minimum absolute atomic E-state index is 0.0831. The Bertz CT molecular complexity index is 613. The van der Waals surface area contributed by atoms with Gasteiger partial charge in [0.2, 0.25) is 11.8 Å². The molecule has 1 fully saturated rings. The van der Waals surface area contributed by atoms with Crippen LogP contribution in [0.4, 0.5) is 5.69 Å². The van der Waals surface area contributed by atoms with Crippen molar-refractivity contribution in [3.05, 3.63) is 24.3 Å². The monoisotopic (exact) mass is 303 g/mol. The second-order valence-corrected chi connectivity index (χ2v) is 5.41. The minimum atomic E-state index is -0.888. The molecule has 7 nitrogen and oxygen atoms in total. The third-order valence-electron chi connectivity index (χ3n) is 3.47. The first-order chi connectivity index (χ1) is 10.6. The maximum atomic E-state index is 11.9. The molecule has 0 spiro atoms. The van der Waals surface area contributed by atoms with Crippen molar-refractivity contribution < 1.29 is 19.1 Å². The van der Waals surface area contributed by atoms with Crippen LogP contribution in [0.1, 0.15) is 19.3 Å². The molecule has 116 valence electrons. The second-order valence-electron chi connectivity index (χ2n) is 5.41. The van der Waals surface area contributed by atoms with Gasteiger partial charge in [0.15, 0.2) is 6.10 Å². The number of ether oxygens (including phenoxy) is 1. The van der Waals surface area contributed by atoms with Crippen LogP contribution < -0.4 is 20.7 Å². The van der Waals surface area contributed by atoms with Crippen LogP contribution in [0, 0.1) is 0 Å². The molecule has 0 saturated heterocycles. The molecule has 1 aromatic rings. The normalized spacial score (nSPS) is 19.5. The van der Waals surface area contributed by atoms with Crippen LogP contribution in [0.5, 0.6) is 5.75 Å². The van der Waals surface area contributed by atoms with Crippen molar-refractivity contribution in [1.29, 1.82) is 0 Å². The van der Waals surface area contributed by atoms with E-state index in [1.54, 1.807) is 24.3 Å². The first-order valence-electron chi connectivity index (χ1n) is 7.24.